The number of aliphatic carboxylic acids is 1. The van der Waals surface area contributed by atoms with Crippen LogP contribution in [0.1, 0.15) is 35.7 Å². The summed E-state index contributed by atoms with van der Waals surface area (Å²) in [5, 5.41) is 8.94. The van der Waals surface area contributed by atoms with Crippen molar-refractivity contribution in [2.75, 3.05) is 7.11 Å². The van der Waals surface area contributed by atoms with E-state index in [1.54, 1.807) is 26.8 Å². The fourth-order valence-corrected chi connectivity index (χ4v) is 2.51. The quantitative estimate of drug-likeness (QED) is 0.772. The second kappa shape index (κ2) is 6.32. The van der Waals surface area contributed by atoms with Gasteiger partial charge in [-0.25, -0.2) is 4.79 Å². The van der Waals surface area contributed by atoms with E-state index in [9.17, 15) is 9.59 Å². The first-order chi connectivity index (χ1) is 9.19. The summed E-state index contributed by atoms with van der Waals surface area (Å²) in [6.45, 7) is 5.19. The number of hydrogen-bond acceptors (Lipinski definition) is 6. The van der Waals surface area contributed by atoms with Gasteiger partial charge >= 0.3 is 11.9 Å². The first-order valence-corrected chi connectivity index (χ1v) is 6.97. The van der Waals surface area contributed by atoms with Gasteiger partial charge in [-0.15, -0.1) is 11.8 Å². The molecule has 0 aliphatic rings. The van der Waals surface area contributed by atoms with Crippen molar-refractivity contribution < 1.29 is 23.8 Å². The number of aryl methyl sites for hydroxylation is 1. The molecule has 0 aromatic carbocycles. The highest BCUT2D eigenvalue weighted by Crippen LogP contribution is 2.31. The zero-order chi connectivity index (χ0) is 15.5. The first kappa shape index (κ1) is 16.6. The lowest BCUT2D eigenvalue weighted by atomic mass is 10.1. The third-order valence-electron chi connectivity index (χ3n) is 2.98. The summed E-state index contributed by atoms with van der Waals surface area (Å²) in [6, 6.07) is 0.625. The summed E-state index contributed by atoms with van der Waals surface area (Å²) in [5.41, 5.74) is 6.02. The first-order valence-electron chi connectivity index (χ1n) is 5.99. The number of esters is 1. The van der Waals surface area contributed by atoms with E-state index in [-0.39, 0.29) is 0 Å². The molecule has 0 saturated carbocycles. The van der Waals surface area contributed by atoms with Crippen LogP contribution in [0.15, 0.2) is 10.5 Å². The van der Waals surface area contributed by atoms with Gasteiger partial charge in [0, 0.05) is 4.75 Å². The van der Waals surface area contributed by atoms with E-state index in [4.69, 9.17) is 15.3 Å². The normalized spacial score (nSPS) is 13.1. The molecule has 0 spiro atoms. The van der Waals surface area contributed by atoms with Crippen LogP contribution in [0.25, 0.3) is 0 Å². The molecule has 0 bridgehead atoms. The van der Waals surface area contributed by atoms with Gasteiger partial charge in [0.25, 0.3) is 0 Å². The molecule has 0 radical (unpaired) electrons. The van der Waals surface area contributed by atoms with Crippen LogP contribution in [0.5, 0.6) is 0 Å². The van der Waals surface area contributed by atoms with E-state index in [1.165, 1.54) is 18.9 Å². The van der Waals surface area contributed by atoms with Crippen LogP contribution in [0.4, 0.5) is 0 Å². The van der Waals surface area contributed by atoms with Crippen LogP contribution < -0.4 is 5.73 Å². The standard InChI is InChI=1S/C13H19NO5S/c1-7-9(12(17)18-4)5-8(19-7)6-20-13(2,3)10(14)11(15)16/h5,10H,6,14H2,1-4H3,(H,15,16)/t10-/m0/s1. The number of ether oxygens (including phenoxy) is 1. The van der Waals surface area contributed by atoms with Crippen LogP contribution in [-0.4, -0.2) is 34.9 Å². The Hall–Kier alpha value is -1.47. The molecule has 112 valence electrons. The lowest BCUT2D eigenvalue weighted by Crippen LogP contribution is -2.46. The van der Waals surface area contributed by atoms with Gasteiger partial charge in [-0.2, -0.15) is 0 Å². The van der Waals surface area contributed by atoms with E-state index >= 15 is 0 Å². The summed E-state index contributed by atoms with van der Waals surface area (Å²) in [6.07, 6.45) is 0. The second-order valence-electron chi connectivity index (χ2n) is 4.88. The largest absolute Gasteiger partial charge is 0.480 e. The average molecular weight is 301 g/mol. The molecule has 1 aromatic heterocycles. The van der Waals surface area contributed by atoms with Gasteiger partial charge in [-0.3, -0.25) is 4.79 Å². The number of hydrogen-bond donors (Lipinski definition) is 2. The molecule has 0 saturated heterocycles. The van der Waals surface area contributed by atoms with Crippen molar-refractivity contribution in [1.29, 1.82) is 0 Å². The summed E-state index contributed by atoms with van der Waals surface area (Å²) >= 11 is 1.36. The maximum Gasteiger partial charge on any atom is 0.341 e. The molecule has 0 amide bonds. The minimum Gasteiger partial charge on any atom is -0.480 e. The zero-order valence-corrected chi connectivity index (χ0v) is 12.7. The molecule has 3 N–H and O–H groups in total. The molecule has 1 atom stereocenters. The summed E-state index contributed by atoms with van der Waals surface area (Å²) < 4.78 is 9.45. The minimum atomic E-state index is -1.05. The van der Waals surface area contributed by atoms with Crippen molar-refractivity contribution in [3.8, 4) is 0 Å². The Morgan fingerprint density at radius 3 is 2.65 bits per heavy atom. The van der Waals surface area contributed by atoms with Crippen molar-refractivity contribution in [1.82, 2.24) is 0 Å². The maximum absolute atomic E-state index is 11.5. The number of furan rings is 1. The van der Waals surface area contributed by atoms with Gasteiger partial charge in [0.1, 0.15) is 23.1 Å². The maximum atomic E-state index is 11.5. The molecule has 1 rings (SSSR count). The third-order valence-corrected chi connectivity index (χ3v) is 4.40. The number of carbonyl (C=O) groups excluding carboxylic acids is 1. The van der Waals surface area contributed by atoms with Gasteiger partial charge in [-0.1, -0.05) is 0 Å². The molecule has 1 aromatic rings. The van der Waals surface area contributed by atoms with Gasteiger partial charge in [0.2, 0.25) is 0 Å². The predicted molar refractivity (Wildman–Crippen MR) is 75.8 cm³/mol. The molecule has 0 fully saturated rings. The Morgan fingerprint density at radius 1 is 1.55 bits per heavy atom. The Labute approximate surface area is 121 Å². The fraction of sp³-hybridized carbons (Fsp3) is 0.538. The van der Waals surface area contributed by atoms with E-state index in [1.807, 2.05) is 0 Å². The zero-order valence-electron chi connectivity index (χ0n) is 11.9. The van der Waals surface area contributed by atoms with Gasteiger partial charge < -0.3 is 20.0 Å². The van der Waals surface area contributed by atoms with Crippen LogP contribution in [-0.2, 0) is 15.3 Å². The Morgan fingerprint density at radius 2 is 2.15 bits per heavy atom. The van der Waals surface area contributed by atoms with Crippen molar-refractivity contribution in [2.24, 2.45) is 5.73 Å². The van der Waals surface area contributed by atoms with E-state index in [2.05, 4.69) is 4.74 Å². The van der Waals surface area contributed by atoms with Gasteiger partial charge in [-0.05, 0) is 26.8 Å². The summed E-state index contributed by atoms with van der Waals surface area (Å²) in [5.74, 6) is -0.0186. The van der Waals surface area contributed by atoms with E-state index < -0.39 is 22.7 Å². The molecule has 20 heavy (non-hydrogen) atoms. The average Bonchev–Trinajstić information content (AvgIpc) is 2.76. The SMILES string of the molecule is COC(=O)c1cc(CSC(C)(C)[C@@H](N)C(=O)O)oc1C. The van der Waals surface area contributed by atoms with Gasteiger partial charge in [0.05, 0.1) is 12.9 Å². The monoisotopic (exact) mass is 301 g/mol. The smallest absolute Gasteiger partial charge is 0.341 e. The Bertz CT molecular complexity index is 509. The highest BCUT2D eigenvalue weighted by Gasteiger charge is 2.33. The summed E-state index contributed by atoms with van der Waals surface area (Å²) in [7, 11) is 1.30. The molecular weight excluding hydrogens is 282 g/mol. The van der Waals surface area contributed by atoms with Crippen molar-refractivity contribution in [2.45, 2.75) is 37.3 Å². The van der Waals surface area contributed by atoms with Crippen LogP contribution >= 0.6 is 11.8 Å². The topological polar surface area (TPSA) is 103 Å². The fourth-order valence-electron chi connectivity index (χ4n) is 1.57. The van der Waals surface area contributed by atoms with E-state index in [0.717, 1.165) is 0 Å². The summed E-state index contributed by atoms with van der Waals surface area (Å²) in [4.78, 5) is 22.4. The predicted octanol–water partition coefficient (Wildman–Crippen LogP) is 1.80. The molecular formula is C13H19NO5S. The molecule has 1 heterocycles. The number of thioether (sulfide) groups is 1. The van der Waals surface area contributed by atoms with E-state index in [0.29, 0.717) is 22.8 Å². The molecule has 7 heteroatoms. The molecule has 6 nitrogen and oxygen atoms in total. The highest BCUT2D eigenvalue weighted by molar-refractivity contribution is 7.99. The Kier molecular flexibility index (Phi) is 5.24. The second-order valence-corrected chi connectivity index (χ2v) is 6.51. The van der Waals surface area contributed by atoms with Crippen LogP contribution in [0.3, 0.4) is 0 Å². The van der Waals surface area contributed by atoms with Gasteiger partial charge in [0.15, 0.2) is 0 Å². The highest BCUT2D eigenvalue weighted by atomic mass is 32.2. The molecule has 0 aliphatic heterocycles. The van der Waals surface area contributed by atoms with Crippen molar-refractivity contribution in [3.05, 3.63) is 23.2 Å². The minimum absolute atomic E-state index is 0.378. The van der Waals surface area contributed by atoms with Crippen molar-refractivity contribution >= 4 is 23.7 Å². The number of carboxylic acids is 1. The molecule has 0 aliphatic carbocycles. The lowest BCUT2D eigenvalue weighted by Gasteiger charge is -2.27. The number of carboxylic acid groups (broad SMARTS) is 1. The molecule has 0 unspecified atom stereocenters. The van der Waals surface area contributed by atoms with Crippen LogP contribution in [0.2, 0.25) is 0 Å². The number of carbonyl (C=O) groups is 2. The lowest BCUT2D eigenvalue weighted by molar-refractivity contribution is -0.139. The number of methoxy groups -OCH3 is 1. The van der Waals surface area contributed by atoms with Crippen LogP contribution in [0, 0.1) is 6.92 Å². The van der Waals surface area contributed by atoms with Crippen molar-refractivity contribution in [3.63, 3.8) is 0 Å². The third kappa shape index (κ3) is 3.77. The Balaban J connectivity index is 2.76. The number of nitrogens with two attached hydrogens (primary N) is 1. The number of rotatable bonds is 6.